The van der Waals surface area contributed by atoms with Gasteiger partial charge in [-0.25, -0.2) is 0 Å². The number of halogens is 4. The molecule has 0 aliphatic heterocycles. The summed E-state index contributed by atoms with van der Waals surface area (Å²) in [5.41, 5.74) is -0.374. The van der Waals surface area contributed by atoms with E-state index in [4.69, 9.17) is 4.74 Å². The molecule has 0 atom stereocenters. The lowest BCUT2D eigenvalue weighted by atomic mass is 10.1. The minimum absolute atomic E-state index is 0. The summed E-state index contributed by atoms with van der Waals surface area (Å²) in [4.78, 5) is 4.06. The first-order chi connectivity index (χ1) is 12.3. The van der Waals surface area contributed by atoms with Crippen LogP contribution in [0.2, 0.25) is 0 Å². The zero-order valence-corrected chi connectivity index (χ0v) is 18.2. The number of benzene rings is 1. The maximum absolute atomic E-state index is 12.6. The molecule has 0 saturated carbocycles. The normalized spacial score (nSPS) is 11.4. The van der Waals surface area contributed by atoms with Crippen molar-refractivity contribution >= 4 is 29.9 Å². The van der Waals surface area contributed by atoms with Gasteiger partial charge in [-0.05, 0) is 30.5 Å². The Bertz CT molecular complexity index is 637. The third kappa shape index (κ3) is 11.8. The SMILES string of the molecule is CN=C(NCC#Cc1cccc(C(F)(F)F)c1)NCCCOCC(C)C.I. The second-order valence-electron chi connectivity index (χ2n) is 6.06. The van der Waals surface area contributed by atoms with Gasteiger partial charge in [0.05, 0.1) is 12.1 Å². The van der Waals surface area contributed by atoms with Gasteiger partial charge in [0.1, 0.15) is 0 Å². The van der Waals surface area contributed by atoms with Crippen LogP contribution in [0.1, 0.15) is 31.4 Å². The van der Waals surface area contributed by atoms with Crippen molar-refractivity contribution in [3.05, 3.63) is 35.4 Å². The number of hydrogen-bond donors (Lipinski definition) is 2. The van der Waals surface area contributed by atoms with E-state index in [1.54, 1.807) is 13.1 Å². The van der Waals surface area contributed by atoms with Gasteiger partial charge in [-0.3, -0.25) is 4.99 Å². The summed E-state index contributed by atoms with van der Waals surface area (Å²) < 4.78 is 43.4. The van der Waals surface area contributed by atoms with Gasteiger partial charge in [-0.15, -0.1) is 24.0 Å². The average Bonchev–Trinajstić information content (AvgIpc) is 2.59. The van der Waals surface area contributed by atoms with E-state index in [9.17, 15) is 13.2 Å². The number of alkyl halides is 3. The number of guanidine groups is 1. The van der Waals surface area contributed by atoms with Crippen molar-refractivity contribution in [3.8, 4) is 11.8 Å². The smallest absolute Gasteiger partial charge is 0.381 e. The molecule has 0 aliphatic carbocycles. The summed E-state index contributed by atoms with van der Waals surface area (Å²) in [5.74, 6) is 6.62. The molecule has 0 aromatic heterocycles. The fraction of sp³-hybridized carbons (Fsp3) is 0.526. The van der Waals surface area contributed by atoms with Crippen molar-refractivity contribution in [3.63, 3.8) is 0 Å². The van der Waals surface area contributed by atoms with Gasteiger partial charge in [0.2, 0.25) is 0 Å². The maximum Gasteiger partial charge on any atom is 0.416 e. The average molecular weight is 497 g/mol. The van der Waals surface area contributed by atoms with E-state index >= 15 is 0 Å². The van der Waals surface area contributed by atoms with Crippen LogP contribution in [-0.4, -0.2) is 39.3 Å². The van der Waals surface area contributed by atoms with Crippen LogP contribution in [0, 0.1) is 17.8 Å². The van der Waals surface area contributed by atoms with Crippen LogP contribution >= 0.6 is 24.0 Å². The molecule has 0 fully saturated rings. The third-order valence-electron chi connectivity index (χ3n) is 3.20. The molecule has 1 rings (SSSR count). The van der Waals surface area contributed by atoms with Crippen LogP contribution in [0.4, 0.5) is 13.2 Å². The van der Waals surface area contributed by atoms with Gasteiger partial charge < -0.3 is 15.4 Å². The molecule has 8 heteroatoms. The second kappa shape index (κ2) is 13.7. The van der Waals surface area contributed by atoms with E-state index in [1.165, 1.54) is 6.07 Å². The fourth-order valence-electron chi connectivity index (χ4n) is 1.97. The molecule has 1 aromatic carbocycles. The summed E-state index contributed by atoms with van der Waals surface area (Å²) in [5, 5.41) is 6.12. The molecule has 0 radical (unpaired) electrons. The molecule has 27 heavy (non-hydrogen) atoms. The fourth-order valence-corrected chi connectivity index (χ4v) is 1.97. The minimum Gasteiger partial charge on any atom is -0.381 e. The van der Waals surface area contributed by atoms with Crippen molar-refractivity contribution < 1.29 is 17.9 Å². The Balaban J connectivity index is 0.00000676. The summed E-state index contributed by atoms with van der Waals surface area (Å²) in [6.45, 7) is 6.61. The summed E-state index contributed by atoms with van der Waals surface area (Å²) in [7, 11) is 1.64. The highest BCUT2D eigenvalue weighted by atomic mass is 127. The van der Waals surface area contributed by atoms with Crippen LogP contribution in [0.25, 0.3) is 0 Å². The van der Waals surface area contributed by atoms with E-state index in [0.717, 1.165) is 25.2 Å². The zero-order chi connectivity index (χ0) is 19.4. The van der Waals surface area contributed by atoms with Crippen LogP contribution in [0.5, 0.6) is 0 Å². The Labute approximate surface area is 176 Å². The van der Waals surface area contributed by atoms with Crippen LogP contribution < -0.4 is 10.6 Å². The van der Waals surface area contributed by atoms with Gasteiger partial charge in [0.25, 0.3) is 0 Å². The highest BCUT2D eigenvalue weighted by Crippen LogP contribution is 2.29. The Hall–Kier alpha value is -1.47. The van der Waals surface area contributed by atoms with Crippen molar-refractivity contribution in [1.29, 1.82) is 0 Å². The molecular formula is C19H27F3IN3O. The van der Waals surface area contributed by atoms with Crippen LogP contribution in [0.3, 0.4) is 0 Å². The van der Waals surface area contributed by atoms with E-state index < -0.39 is 11.7 Å². The maximum atomic E-state index is 12.6. The first-order valence-electron chi connectivity index (χ1n) is 8.51. The Morgan fingerprint density at radius 3 is 2.63 bits per heavy atom. The van der Waals surface area contributed by atoms with E-state index in [1.807, 2.05) is 0 Å². The lowest BCUT2D eigenvalue weighted by Crippen LogP contribution is -2.38. The zero-order valence-electron chi connectivity index (χ0n) is 15.8. The van der Waals surface area contributed by atoms with Gasteiger partial charge >= 0.3 is 6.18 Å². The van der Waals surface area contributed by atoms with Gasteiger partial charge in [-0.2, -0.15) is 13.2 Å². The number of nitrogens with zero attached hydrogens (tertiary/aromatic N) is 1. The largest absolute Gasteiger partial charge is 0.416 e. The summed E-state index contributed by atoms with van der Waals surface area (Å²) in [6.07, 6.45) is -3.51. The van der Waals surface area contributed by atoms with E-state index in [0.29, 0.717) is 30.6 Å². The summed E-state index contributed by atoms with van der Waals surface area (Å²) >= 11 is 0. The lowest BCUT2D eigenvalue weighted by Gasteiger charge is -2.10. The van der Waals surface area contributed by atoms with Crippen LogP contribution in [-0.2, 0) is 10.9 Å². The molecule has 0 spiro atoms. The monoisotopic (exact) mass is 497 g/mol. The Morgan fingerprint density at radius 2 is 2.00 bits per heavy atom. The van der Waals surface area contributed by atoms with E-state index in [2.05, 4.69) is 41.3 Å². The number of nitrogens with one attached hydrogen (secondary N) is 2. The first-order valence-corrected chi connectivity index (χ1v) is 8.51. The second-order valence-corrected chi connectivity index (χ2v) is 6.06. The molecule has 0 heterocycles. The summed E-state index contributed by atoms with van der Waals surface area (Å²) in [6, 6.07) is 4.96. The molecule has 4 nitrogen and oxygen atoms in total. The molecule has 1 aromatic rings. The minimum atomic E-state index is -4.36. The molecule has 0 bridgehead atoms. The van der Waals surface area contributed by atoms with Crippen molar-refractivity contribution in [2.24, 2.45) is 10.9 Å². The molecule has 2 N–H and O–H groups in total. The van der Waals surface area contributed by atoms with Crippen LogP contribution in [0.15, 0.2) is 29.3 Å². The van der Waals surface area contributed by atoms with Crippen molar-refractivity contribution in [2.75, 3.05) is 33.4 Å². The first kappa shape index (κ1) is 25.5. The molecule has 0 saturated heterocycles. The van der Waals surface area contributed by atoms with E-state index in [-0.39, 0.29) is 30.5 Å². The van der Waals surface area contributed by atoms with Crippen molar-refractivity contribution in [1.82, 2.24) is 10.6 Å². The number of ether oxygens (including phenoxy) is 1. The molecule has 0 amide bonds. The highest BCUT2D eigenvalue weighted by Gasteiger charge is 2.30. The molecule has 0 unspecified atom stereocenters. The molecular weight excluding hydrogens is 470 g/mol. The number of rotatable bonds is 7. The Kier molecular flexibility index (Phi) is 12.9. The predicted molar refractivity (Wildman–Crippen MR) is 113 cm³/mol. The molecule has 152 valence electrons. The molecule has 0 aliphatic rings. The highest BCUT2D eigenvalue weighted by molar-refractivity contribution is 14.0. The van der Waals surface area contributed by atoms with Gasteiger partial charge in [0.15, 0.2) is 5.96 Å². The Morgan fingerprint density at radius 1 is 1.26 bits per heavy atom. The van der Waals surface area contributed by atoms with Crippen molar-refractivity contribution in [2.45, 2.75) is 26.4 Å². The number of aliphatic imine (C=N–C) groups is 1. The topological polar surface area (TPSA) is 45.7 Å². The standard InChI is InChI=1S/C19H26F3N3O.HI/c1-15(2)14-26-12-6-11-25-18(23-3)24-10-5-8-16-7-4-9-17(13-16)19(20,21)22;/h4,7,9,13,15H,6,10-12,14H2,1-3H3,(H2,23,24,25);1H. The number of hydrogen-bond acceptors (Lipinski definition) is 2. The van der Waals surface area contributed by atoms with Gasteiger partial charge in [-0.1, -0.05) is 31.8 Å². The quantitative estimate of drug-likeness (QED) is 0.198. The predicted octanol–water partition coefficient (Wildman–Crippen LogP) is 3.90. The third-order valence-corrected chi connectivity index (χ3v) is 3.20. The van der Waals surface area contributed by atoms with Gasteiger partial charge in [0, 0.05) is 32.4 Å². The lowest BCUT2D eigenvalue weighted by molar-refractivity contribution is -0.137.